The van der Waals surface area contributed by atoms with Gasteiger partial charge in [-0.15, -0.1) is 0 Å². The van der Waals surface area contributed by atoms with Crippen molar-refractivity contribution in [1.29, 1.82) is 0 Å². The SMILES string of the molecule is Cc1ccc(C(=O)Nc2c(C)cc(N)cc2C)cc1F. The van der Waals surface area contributed by atoms with Crippen LogP contribution in [0.3, 0.4) is 0 Å². The molecular formula is C16H17FN2O. The molecule has 0 aliphatic carbocycles. The second-order valence-corrected chi connectivity index (χ2v) is 4.95. The number of benzene rings is 2. The Morgan fingerprint density at radius 3 is 2.20 bits per heavy atom. The number of rotatable bonds is 2. The van der Waals surface area contributed by atoms with E-state index in [1.807, 2.05) is 13.8 Å². The van der Waals surface area contributed by atoms with Crippen LogP contribution >= 0.6 is 0 Å². The fourth-order valence-corrected chi connectivity index (χ4v) is 2.11. The van der Waals surface area contributed by atoms with Crippen LogP contribution in [0.25, 0.3) is 0 Å². The minimum atomic E-state index is -0.386. The Kier molecular flexibility index (Phi) is 3.74. The van der Waals surface area contributed by atoms with Crippen molar-refractivity contribution in [2.45, 2.75) is 20.8 Å². The molecule has 0 aromatic heterocycles. The van der Waals surface area contributed by atoms with Crippen LogP contribution < -0.4 is 11.1 Å². The molecule has 2 aromatic carbocycles. The van der Waals surface area contributed by atoms with E-state index in [0.29, 0.717) is 22.5 Å². The lowest BCUT2D eigenvalue weighted by molar-refractivity contribution is 0.102. The molecule has 2 rings (SSSR count). The highest BCUT2D eigenvalue weighted by molar-refractivity contribution is 6.05. The third-order valence-electron chi connectivity index (χ3n) is 3.23. The number of hydrogen-bond acceptors (Lipinski definition) is 2. The van der Waals surface area contributed by atoms with Gasteiger partial charge in [0.25, 0.3) is 5.91 Å². The van der Waals surface area contributed by atoms with Gasteiger partial charge in [0, 0.05) is 16.9 Å². The molecule has 0 atom stereocenters. The minimum absolute atomic E-state index is 0.295. The highest BCUT2D eigenvalue weighted by Gasteiger charge is 2.11. The van der Waals surface area contributed by atoms with Gasteiger partial charge < -0.3 is 11.1 Å². The van der Waals surface area contributed by atoms with Gasteiger partial charge in [-0.2, -0.15) is 0 Å². The summed E-state index contributed by atoms with van der Waals surface area (Å²) in [4.78, 5) is 12.2. The van der Waals surface area contributed by atoms with Crippen molar-refractivity contribution in [2.75, 3.05) is 11.1 Å². The van der Waals surface area contributed by atoms with Gasteiger partial charge in [-0.1, -0.05) is 6.07 Å². The summed E-state index contributed by atoms with van der Waals surface area (Å²) in [7, 11) is 0. The molecule has 3 nitrogen and oxygen atoms in total. The average Bonchev–Trinajstić information content (AvgIpc) is 2.36. The minimum Gasteiger partial charge on any atom is -0.399 e. The number of nitrogens with one attached hydrogen (secondary N) is 1. The van der Waals surface area contributed by atoms with Crippen LogP contribution in [-0.2, 0) is 0 Å². The summed E-state index contributed by atoms with van der Waals surface area (Å²) in [5, 5.41) is 2.81. The van der Waals surface area contributed by atoms with Gasteiger partial charge in [-0.25, -0.2) is 4.39 Å². The van der Waals surface area contributed by atoms with Gasteiger partial charge in [0.15, 0.2) is 0 Å². The number of hydrogen-bond donors (Lipinski definition) is 2. The predicted octanol–water partition coefficient (Wildman–Crippen LogP) is 3.59. The van der Waals surface area contributed by atoms with E-state index in [9.17, 15) is 9.18 Å². The Balaban J connectivity index is 2.30. The zero-order valence-electron chi connectivity index (χ0n) is 11.8. The van der Waals surface area contributed by atoms with Gasteiger partial charge in [0.1, 0.15) is 5.82 Å². The monoisotopic (exact) mass is 272 g/mol. The van der Waals surface area contributed by atoms with Crippen LogP contribution in [0.4, 0.5) is 15.8 Å². The lowest BCUT2D eigenvalue weighted by Crippen LogP contribution is -2.14. The number of amides is 1. The first-order valence-electron chi connectivity index (χ1n) is 6.32. The standard InChI is InChI=1S/C16H17FN2O/c1-9-4-5-12(8-14(9)17)16(20)19-15-10(2)6-13(18)7-11(15)3/h4-8H,18H2,1-3H3,(H,19,20). The van der Waals surface area contributed by atoms with Gasteiger partial charge in [0.2, 0.25) is 0 Å². The van der Waals surface area contributed by atoms with Crippen LogP contribution in [0, 0.1) is 26.6 Å². The van der Waals surface area contributed by atoms with Crippen LogP contribution in [0.15, 0.2) is 30.3 Å². The lowest BCUT2D eigenvalue weighted by atomic mass is 10.1. The average molecular weight is 272 g/mol. The van der Waals surface area contributed by atoms with E-state index in [4.69, 9.17) is 5.73 Å². The molecule has 0 aliphatic rings. The molecule has 2 aromatic rings. The van der Waals surface area contributed by atoms with Crippen LogP contribution in [0.2, 0.25) is 0 Å². The van der Waals surface area contributed by atoms with Crippen molar-refractivity contribution in [2.24, 2.45) is 0 Å². The largest absolute Gasteiger partial charge is 0.399 e. The Morgan fingerprint density at radius 2 is 1.65 bits per heavy atom. The molecule has 0 unspecified atom stereocenters. The summed E-state index contributed by atoms with van der Waals surface area (Å²) < 4.78 is 13.5. The van der Waals surface area contributed by atoms with Crippen molar-refractivity contribution < 1.29 is 9.18 Å². The molecule has 0 heterocycles. The van der Waals surface area contributed by atoms with E-state index < -0.39 is 0 Å². The molecule has 1 amide bonds. The Labute approximate surface area is 117 Å². The number of anilines is 2. The van der Waals surface area contributed by atoms with E-state index in [1.54, 1.807) is 31.2 Å². The van der Waals surface area contributed by atoms with E-state index in [1.165, 1.54) is 6.07 Å². The van der Waals surface area contributed by atoms with Gasteiger partial charge in [-0.05, 0) is 61.7 Å². The van der Waals surface area contributed by atoms with Crippen molar-refractivity contribution in [3.8, 4) is 0 Å². The summed E-state index contributed by atoms with van der Waals surface area (Å²) in [6.07, 6.45) is 0. The summed E-state index contributed by atoms with van der Waals surface area (Å²) in [6.45, 7) is 5.40. The highest BCUT2D eigenvalue weighted by Crippen LogP contribution is 2.24. The Morgan fingerprint density at radius 1 is 1.05 bits per heavy atom. The third kappa shape index (κ3) is 2.79. The number of aryl methyl sites for hydroxylation is 3. The highest BCUT2D eigenvalue weighted by atomic mass is 19.1. The quantitative estimate of drug-likeness (QED) is 0.821. The van der Waals surface area contributed by atoms with Gasteiger partial charge in [0.05, 0.1) is 0 Å². The molecule has 0 radical (unpaired) electrons. The zero-order chi connectivity index (χ0) is 14.9. The molecule has 4 heteroatoms. The Bertz CT molecular complexity index is 657. The smallest absolute Gasteiger partial charge is 0.255 e. The van der Waals surface area contributed by atoms with E-state index >= 15 is 0 Å². The van der Waals surface area contributed by atoms with Gasteiger partial charge in [-0.3, -0.25) is 4.79 Å². The molecule has 0 saturated carbocycles. The van der Waals surface area contributed by atoms with Crippen molar-refractivity contribution in [3.63, 3.8) is 0 Å². The first-order valence-corrected chi connectivity index (χ1v) is 6.32. The molecule has 0 bridgehead atoms. The predicted molar refractivity (Wildman–Crippen MR) is 79.4 cm³/mol. The molecule has 20 heavy (non-hydrogen) atoms. The summed E-state index contributed by atoms with van der Waals surface area (Å²) in [6, 6.07) is 8.02. The third-order valence-corrected chi connectivity index (χ3v) is 3.23. The number of nitrogens with two attached hydrogens (primary N) is 1. The number of carbonyl (C=O) groups is 1. The van der Waals surface area contributed by atoms with Crippen LogP contribution in [-0.4, -0.2) is 5.91 Å². The maximum Gasteiger partial charge on any atom is 0.255 e. The summed E-state index contributed by atoms with van der Waals surface area (Å²) >= 11 is 0. The molecule has 0 saturated heterocycles. The molecule has 0 spiro atoms. The fraction of sp³-hybridized carbons (Fsp3) is 0.188. The maximum atomic E-state index is 13.5. The molecule has 3 N–H and O–H groups in total. The van der Waals surface area contributed by atoms with E-state index in [2.05, 4.69) is 5.32 Å². The fourth-order valence-electron chi connectivity index (χ4n) is 2.11. The molecule has 0 aliphatic heterocycles. The van der Waals surface area contributed by atoms with Gasteiger partial charge >= 0.3 is 0 Å². The topological polar surface area (TPSA) is 55.1 Å². The first-order chi connectivity index (χ1) is 9.38. The van der Waals surface area contributed by atoms with Crippen molar-refractivity contribution >= 4 is 17.3 Å². The first kappa shape index (κ1) is 14.1. The van der Waals surface area contributed by atoms with E-state index in [-0.39, 0.29) is 11.7 Å². The van der Waals surface area contributed by atoms with Crippen LogP contribution in [0.1, 0.15) is 27.0 Å². The van der Waals surface area contributed by atoms with Crippen molar-refractivity contribution in [1.82, 2.24) is 0 Å². The number of carbonyl (C=O) groups excluding carboxylic acids is 1. The molecular weight excluding hydrogens is 255 g/mol. The second kappa shape index (κ2) is 5.33. The summed E-state index contributed by atoms with van der Waals surface area (Å²) in [5.74, 6) is -0.719. The molecule has 104 valence electrons. The number of nitrogen functional groups attached to an aromatic ring is 1. The zero-order valence-corrected chi connectivity index (χ0v) is 11.8. The van der Waals surface area contributed by atoms with Crippen LogP contribution in [0.5, 0.6) is 0 Å². The normalized spacial score (nSPS) is 10.4. The Hall–Kier alpha value is -2.36. The lowest BCUT2D eigenvalue weighted by Gasteiger charge is -2.13. The second-order valence-electron chi connectivity index (χ2n) is 4.95. The summed E-state index contributed by atoms with van der Waals surface area (Å²) in [5.41, 5.74) is 9.68. The van der Waals surface area contributed by atoms with Crippen molar-refractivity contribution in [3.05, 3.63) is 58.4 Å². The maximum absolute atomic E-state index is 13.5. The number of halogens is 1. The van der Waals surface area contributed by atoms with E-state index in [0.717, 1.165) is 11.1 Å². The molecule has 0 fully saturated rings.